The van der Waals surface area contributed by atoms with Gasteiger partial charge in [0.2, 0.25) is 0 Å². The van der Waals surface area contributed by atoms with Gasteiger partial charge >= 0.3 is 0 Å². The van der Waals surface area contributed by atoms with E-state index in [4.69, 9.17) is 9.47 Å². The molecular formula is C21H20N4O3. The lowest BCUT2D eigenvalue weighted by Crippen LogP contribution is -2.30. The Hall–Kier alpha value is -3.35. The number of hydrogen-bond acceptors (Lipinski definition) is 5. The van der Waals surface area contributed by atoms with Crippen LogP contribution < -0.4 is 9.47 Å². The van der Waals surface area contributed by atoms with Crippen LogP contribution in [-0.2, 0) is 0 Å². The summed E-state index contributed by atoms with van der Waals surface area (Å²) in [6.45, 7) is 1.88. The van der Waals surface area contributed by atoms with Crippen molar-refractivity contribution in [1.29, 1.82) is 0 Å². The zero-order valence-corrected chi connectivity index (χ0v) is 15.3. The molecule has 1 atom stereocenters. The minimum absolute atomic E-state index is 0.0440. The number of aromatic nitrogens is 3. The number of carbonyl (C=O) groups is 1. The zero-order chi connectivity index (χ0) is 18.9. The van der Waals surface area contributed by atoms with Crippen LogP contribution in [0.2, 0.25) is 0 Å². The van der Waals surface area contributed by atoms with Gasteiger partial charge in [0.25, 0.3) is 5.91 Å². The fraction of sp³-hybridized carbons (Fsp3) is 0.286. The zero-order valence-electron chi connectivity index (χ0n) is 15.3. The maximum absolute atomic E-state index is 13.2. The van der Waals surface area contributed by atoms with Gasteiger partial charge in [0.1, 0.15) is 25.9 Å². The van der Waals surface area contributed by atoms with E-state index in [9.17, 15) is 4.79 Å². The van der Waals surface area contributed by atoms with E-state index in [0.29, 0.717) is 18.8 Å². The number of fused-ring (bicyclic) bond motifs is 1. The number of carbonyl (C=O) groups excluding carboxylic acids is 1. The topological polar surface area (TPSA) is 69.5 Å². The molecule has 1 amide bonds. The predicted molar refractivity (Wildman–Crippen MR) is 102 cm³/mol. The van der Waals surface area contributed by atoms with Crippen molar-refractivity contribution in [1.82, 2.24) is 19.7 Å². The number of rotatable bonds is 3. The summed E-state index contributed by atoms with van der Waals surface area (Å²) in [5, 5.41) is 4.11. The third kappa shape index (κ3) is 2.98. The molecule has 28 heavy (non-hydrogen) atoms. The first-order chi connectivity index (χ1) is 13.8. The molecule has 2 aliphatic heterocycles. The van der Waals surface area contributed by atoms with Gasteiger partial charge in [-0.25, -0.2) is 9.67 Å². The van der Waals surface area contributed by atoms with Gasteiger partial charge in [0, 0.05) is 12.1 Å². The number of likely N-dealkylation sites (tertiary alicyclic amines) is 1. The van der Waals surface area contributed by atoms with Crippen LogP contribution in [0.3, 0.4) is 0 Å². The molecule has 0 saturated carbocycles. The van der Waals surface area contributed by atoms with Gasteiger partial charge in [-0.15, -0.1) is 0 Å². The highest BCUT2D eigenvalue weighted by molar-refractivity contribution is 5.94. The summed E-state index contributed by atoms with van der Waals surface area (Å²) in [6.07, 6.45) is 5.06. The summed E-state index contributed by atoms with van der Waals surface area (Å²) in [4.78, 5) is 19.1. The summed E-state index contributed by atoms with van der Waals surface area (Å²) < 4.78 is 13.0. The Labute approximate surface area is 162 Å². The molecule has 1 aromatic heterocycles. The van der Waals surface area contributed by atoms with E-state index in [1.165, 1.54) is 6.33 Å². The lowest BCUT2D eigenvalue weighted by molar-refractivity contribution is 0.0735. The van der Waals surface area contributed by atoms with Crippen molar-refractivity contribution >= 4 is 5.91 Å². The molecule has 0 spiro atoms. The minimum Gasteiger partial charge on any atom is -0.486 e. The van der Waals surface area contributed by atoms with Crippen LogP contribution in [0.15, 0.2) is 55.1 Å². The van der Waals surface area contributed by atoms with E-state index < -0.39 is 0 Å². The lowest BCUT2D eigenvalue weighted by atomic mass is 10.0. The highest BCUT2D eigenvalue weighted by atomic mass is 16.6. The van der Waals surface area contributed by atoms with Crippen LogP contribution >= 0.6 is 0 Å². The van der Waals surface area contributed by atoms with Gasteiger partial charge in [-0.1, -0.05) is 6.07 Å². The average molecular weight is 376 g/mol. The van der Waals surface area contributed by atoms with Gasteiger partial charge in [-0.3, -0.25) is 4.79 Å². The van der Waals surface area contributed by atoms with Crippen LogP contribution in [0.5, 0.6) is 11.5 Å². The summed E-state index contributed by atoms with van der Waals surface area (Å²) in [7, 11) is 0. The van der Waals surface area contributed by atoms with Crippen LogP contribution in [0, 0.1) is 0 Å². The summed E-state index contributed by atoms with van der Waals surface area (Å²) in [5.74, 6) is 1.58. The van der Waals surface area contributed by atoms with Crippen LogP contribution in [-0.4, -0.2) is 45.3 Å². The second-order valence-corrected chi connectivity index (χ2v) is 6.95. The molecule has 7 nitrogen and oxygen atoms in total. The van der Waals surface area contributed by atoms with Crippen molar-refractivity contribution in [3.63, 3.8) is 0 Å². The fourth-order valence-electron chi connectivity index (χ4n) is 3.89. The molecule has 2 aliphatic rings. The maximum atomic E-state index is 13.2. The highest BCUT2D eigenvalue weighted by Crippen LogP contribution is 2.38. The highest BCUT2D eigenvalue weighted by Gasteiger charge is 2.31. The standard InChI is InChI=1S/C21H20N4O3/c26-21(15-3-6-17(7-4-15)25-14-22-13-23-25)24-9-1-2-18(24)16-5-8-19-20(12-16)28-11-10-27-19/h3-8,12-14,18H,1-2,9-11H2. The molecule has 1 unspecified atom stereocenters. The molecule has 3 heterocycles. The van der Waals surface area contributed by atoms with Crippen molar-refractivity contribution in [2.75, 3.05) is 19.8 Å². The molecule has 1 fully saturated rings. The second kappa shape index (κ2) is 6.99. The van der Waals surface area contributed by atoms with E-state index in [-0.39, 0.29) is 11.9 Å². The Kier molecular flexibility index (Phi) is 4.20. The van der Waals surface area contributed by atoms with Crippen LogP contribution in [0.1, 0.15) is 34.8 Å². The van der Waals surface area contributed by atoms with Crippen molar-refractivity contribution < 1.29 is 14.3 Å². The number of ether oxygens (including phenoxy) is 2. The van der Waals surface area contributed by atoms with Gasteiger partial charge in [-0.05, 0) is 54.8 Å². The first-order valence-corrected chi connectivity index (χ1v) is 9.45. The summed E-state index contributed by atoms with van der Waals surface area (Å²) in [5.41, 5.74) is 2.64. The van der Waals surface area contributed by atoms with Gasteiger partial charge in [0.15, 0.2) is 11.5 Å². The van der Waals surface area contributed by atoms with Crippen LogP contribution in [0.25, 0.3) is 5.69 Å². The molecule has 3 aromatic rings. The first kappa shape index (κ1) is 16.8. The maximum Gasteiger partial charge on any atom is 0.254 e. The Morgan fingerprint density at radius 1 is 1.04 bits per heavy atom. The molecule has 1 saturated heterocycles. The molecule has 0 bridgehead atoms. The van der Waals surface area contributed by atoms with Crippen molar-refractivity contribution in [3.8, 4) is 17.2 Å². The molecule has 5 rings (SSSR count). The van der Waals surface area contributed by atoms with Crippen molar-refractivity contribution in [2.45, 2.75) is 18.9 Å². The van der Waals surface area contributed by atoms with E-state index in [1.54, 1.807) is 11.0 Å². The van der Waals surface area contributed by atoms with E-state index in [1.807, 2.05) is 47.4 Å². The third-order valence-electron chi connectivity index (χ3n) is 5.26. The Morgan fingerprint density at radius 3 is 2.64 bits per heavy atom. The Balaban J connectivity index is 1.38. The Bertz CT molecular complexity index is 985. The molecular weight excluding hydrogens is 356 g/mol. The lowest BCUT2D eigenvalue weighted by Gasteiger charge is -2.27. The minimum atomic E-state index is 0.0440. The van der Waals surface area contributed by atoms with Crippen molar-refractivity contribution in [2.24, 2.45) is 0 Å². The SMILES string of the molecule is O=C(c1ccc(-n2cncn2)cc1)N1CCCC1c1ccc2c(c1)OCCO2. The molecule has 7 heteroatoms. The predicted octanol–water partition coefficient (Wildman–Crippen LogP) is 3.02. The number of hydrogen-bond donors (Lipinski definition) is 0. The number of benzene rings is 2. The summed E-state index contributed by atoms with van der Waals surface area (Å²) in [6, 6.07) is 13.5. The molecule has 2 aromatic carbocycles. The number of nitrogens with zero attached hydrogens (tertiary/aromatic N) is 4. The van der Waals surface area contributed by atoms with Crippen molar-refractivity contribution in [3.05, 3.63) is 66.2 Å². The van der Waals surface area contributed by atoms with Gasteiger partial charge in [-0.2, -0.15) is 5.10 Å². The third-order valence-corrected chi connectivity index (χ3v) is 5.26. The quantitative estimate of drug-likeness (QED) is 0.703. The molecule has 0 radical (unpaired) electrons. The average Bonchev–Trinajstić information content (AvgIpc) is 3.45. The molecule has 142 valence electrons. The van der Waals surface area contributed by atoms with Gasteiger partial charge < -0.3 is 14.4 Å². The Morgan fingerprint density at radius 2 is 1.86 bits per heavy atom. The van der Waals surface area contributed by atoms with Gasteiger partial charge in [0.05, 0.1) is 11.7 Å². The molecule has 0 N–H and O–H groups in total. The summed E-state index contributed by atoms with van der Waals surface area (Å²) >= 11 is 0. The fourth-order valence-corrected chi connectivity index (χ4v) is 3.89. The first-order valence-electron chi connectivity index (χ1n) is 9.45. The van der Waals surface area contributed by atoms with E-state index >= 15 is 0 Å². The largest absolute Gasteiger partial charge is 0.486 e. The number of amides is 1. The second-order valence-electron chi connectivity index (χ2n) is 6.95. The smallest absolute Gasteiger partial charge is 0.254 e. The van der Waals surface area contributed by atoms with E-state index in [2.05, 4.69) is 10.1 Å². The van der Waals surface area contributed by atoms with Crippen LogP contribution in [0.4, 0.5) is 0 Å². The monoisotopic (exact) mass is 376 g/mol. The molecule has 0 aliphatic carbocycles. The van der Waals surface area contributed by atoms with E-state index in [0.717, 1.165) is 42.1 Å². The normalized spacial score (nSPS) is 18.3.